The first-order valence-corrected chi connectivity index (χ1v) is 8.30. The van der Waals surface area contributed by atoms with Crippen molar-refractivity contribution >= 4 is 40.5 Å². The summed E-state index contributed by atoms with van der Waals surface area (Å²) < 4.78 is 31.6. The molecular formula is C17H16ClF2N3O2S. The predicted octanol–water partition coefficient (Wildman–Crippen LogP) is 3.71. The van der Waals surface area contributed by atoms with Gasteiger partial charge in [0.25, 0.3) is 5.91 Å². The van der Waals surface area contributed by atoms with E-state index in [1.165, 1.54) is 6.92 Å². The topological polar surface area (TPSA) is 62.4 Å². The third-order valence-electron chi connectivity index (χ3n) is 3.38. The zero-order valence-corrected chi connectivity index (χ0v) is 15.5. The van der Waals surface area contributed by atoms with Crippen LogP contribution in [0.5, 0.6) is 5.75 Å². The number of hydrogen-bond acceptors (Lipinski definition) is 3. The Balaban J connectivity index is 1.87. The molecule has 0 aliphatic heterocycles. The molecule has 0 radical (unpaired) electrons. The number of benzene rings is 2. The molecule has 3 N–H and O–H groups in total. The van der Waals surface area contributed by atoms with Crippen molar-refractivity contribution in [1.82, 2.24) is 10.9 Å². The van der Waals surface area contributed by atoms with Crippen LogP contribution < -0.4 is 20.9 Å². The lowest BCUT2D eigenvalue weighted by atomic mass is 10.2. The Labute approximate surface area is 159 Å². The summed E-state index contributed by atoms with van der Waals surface area (Å²) in [5.74, 6) is -2.46. The summed E-state index contributed by atoms with van der Waals surface area (Å²) in [6, 6.07) is 8.09. The molecule has 0 aromatic heterocycles. The van der Waals surface area contributed by atoms with Crippen molar-refractivity contribution in [3.63, 3.8) is 0 Å². The highest BCUT2D eigenvalue weighted by Gasteiger charge is 2.17. The first-order chi connectivity index (χ1) is 12.3. The van der Waals surface area contributed by atoms with Gasteiger partial charge in [-0.2, -0.15) is 0 Å². The monoisotopic (exact) mass is 399 g/mol. The molecule has 0 aliphatic carbocycles. The number of ether oxygens (including phenoxy) is 1. The molecule has 0 aliphatic rings. The van der Waals surface area contributed by atoms with E-state index in [0.29, 0.717) is 16.8 Å². The molecule has 9 heteroatoms. The molecule has 1 atom stereocenters. The minimum atomic E-state index is -1.04. The van der Waals surface area contributed by atoms with Gasteiger partial charge in [0.1, 0.15) is 5.82 Å². The van der Waals surface area contributed by atoms with Crippen LogP contribution in [0.2, 0.25) is 5.02 Å². The van der Waals surface area contributed by atoms with Crippen molar-refractivity contribution in [3.05, 3.63) is 58.6 Å². The molecule has 138 valence electrons. The standard InChI is InChI=1S/C17H16ClF2N3O2S/c1-9-12(18)4-3-5-14(9)21-17(26)23-22-16(24)10(2)25-15-7-6-11(19)8-13(15)20/h3-8,10H,1-2H3,(H,22,24)(H2,21,23,26)/t10-/m1/s1. The second-order valence-corrected chi connectivity index (χ2v) is 6.13. The summed E-state index contributed by atoms with van der Waals surface area (Å²) in [4.78, 5) is 12.0. The molecule has 2 aromatic rings. The summed E-state index contributed by atoms with van der Waals surface area (Å²) >= 11 is 11.1. The maximum atomic E-state index is 13.5. The van der Waals surface area contributed by atoms with E-state index in [2.05, 4.69) is 16.2 Å². The third kappa shape index (κ3) is 5.27. The highest BCUT2D eigenvalue weighted by Crippen LogP contribution is 2.22. The van der Waals surface area contributed by atoms with E-state index in [4.69, 9.17) is 28.6 Å². The van der Waals surface area contributed by atoms with Crippen LogP contribution in [0.4, 0.5) is 14.5 Å². The first kappa shape index (κ1) is 19.9. The number of carbonyl (C=O) groups is 1. The third-order valence-corrected chi connectivity index (χ3v) is 4.00. The fourth-order valence-electron chi connectivity index (χ4n) is 1.93. The Bertz CT molecular complexity index is 836. The second kappa shape index (κ2) is 8.77. The molecule has 2 aromatic carbocycles. The van der Waals surface area contributed by atoms with Crippen LogP contribution in [0.1, 0.15) is 12.5 Å². The molecule has 1 amide bonds. The van der Waals surface area contributed by atoms with Crippen LogP contribution in [-0.4, -0.2) is 17.1 Å². The number of carbonyl (C=O) groups excluding carboxylic acids is 1. The average molecular weight is 400 g/mol. The molecule has 0 heterocycles. The van der Waals surface area contributed by atoms with Crippen LogP contribution in [-0.2, 0) is 4.79 Å². The van der Waals surface area contributed by atoms with Crippen molar-refractivity contribution in [2.45, 2.75) is 20.0 Å². The Morgan fingerprint density at radius 3 is 2.65 bits per heavy atom. The second-order valence-electron chi connectivity index (χ2n) is 5.32. The summed E-state index contributed by atoms with van der Waals surface area (Å²) in [6.45, 7) is 3.23. The minimum Gasteiger partial charge on any atom is -0.478 e. The van der Waals surface area contributed by atoms with Gasteiger partial charge in [0, 0.05) is 16.8 Å². The number of hydrogen-bond donors (Lipinski definition) is 3. The van der Waals surface area contributed by atoms with Gasteiger partial charge in [-0.05, 0) is 55.9 Å². The van der Waals surface area contributed by atoms with Gasteiger partial charge in [0.05, 0.1) is 0 Å². The molecule has 5 nitrogen and oxygen atoms in total. The SMILES string of the molecule is Cc1c(Cl)cccc1NC(=S)NNC(=O)[C@@H](C)Oc1ccc(F)cc1F. The zero-order chi connectivity index (χ0) is 19.3. The Hall–Kier alpha value is -2.45. The van der Waals surface area contributed by atoms with Crippen molar-refractivity contribution in [3.8, 4) is 5.75 Å². The molecule has 26 heavy (non-hydrogen) atoms. The van der Waals surface area contributed by atoms with Crippen LogP contribution in [0.25, 0.3) is 0 Å². The first-order valence-electron chi connectivity index (χ1n) is 7.51. The van der Waals surface area contributed by atoms with E-state index in [0.717, 1.165) is 17.7 Å². The lowest BCUT2D eigenvalue weighted by Gasteiger charge is -2.17. The van der Waals surface area contributed by atoms with E-state index in [9.17, 15) is 13.6 Å². The zero-order valence-electron chi connectivity index (χ0n) is 13.9. The van der Waals surface area contributed by atoms with Crippen LogP contribution in [0.15, 0.2) is 36.4 Å². The minimum absolute atomic E-state index is 0.129. The summed E-state index contributed by atoms with van der Waals surface area (Å²) in [5.41, 5.74) is 6.33. The average Bonchev–Trinajstić information content (AvgIpc) is 2.59. The summed E-state index contributed by atoms with van der Waals surface area (Å²) in [5, 5.41) is 3.59. The Morgan fingerprint density at radius 1 is 1.23 bits per heavy atom. The fourth-order valence-corrected chi connectivity index (χ4v) is 2.27. The van der Waals surface area contributed by atoms with Crippen molar-refractivity contribution in [1.29, 1.82) is 0 Å². The number of thiocarbonyl (C=S) groups is 1. The highest BCUT2D eigenvalue weighted by molar-refractivity contribution is 7.80. The number of amides is 1. The molecular weight excluding hydrogens is 384 g/mol. The van der Waals surface area contributed by atoms with Gasteiger partial charge in [-0.25, -0.2) is 8.78 Å². The van der Waals surface area contributed by atoms with Crippen LogP contribution in [0, 0.1) is 18.6 Å². The van der Waals surface area contributed by atoms with Gasteiger partial charge < -0.3 is 10.1 Å². The lowest BCUT2D eigenvalue weighted by Crippen LogP contribution is -2.48. The van der Waals surface area contributed by atoms with Crippen molar-refractivity contribution < 1.29 is 18.3 Å². The van der Waals surface area contributed by atoms with Gasteiger partial charge in [0.2, 0.25) is 0 Å². The number of halogens is 3. The van der Waals surface area contributed by atoms with Crippen molar-refractivity contribution in [2.24, 2.45) is 0 Å². The lowest BCUT2D eigenvalue weighted by molar-refractivity contribution is -0.127. The Kier molecular flexibility index (Phi) is 6.70. The Morgan fingerprint density at radius 2 is 1.96 bits per heavy atom. The molecule has 0 bridgehead atoms. The number of hydrazine groups is 1. The van der Waals surface area contributed by atoms with E-state index in [-0.39, 0.29) is 10.9 Å². The van der Waals surface area contributed by atoms with E-state index in [1.54, 1.807) is 18.2 Å². The van der Waals surface area contributed by atoms with Gasteiger partial charge in [-0.3, -0.25) is 15.6 Å². The van der Waals surface area contributed by atoms with Gasteiger partial charge in [0.15, 0.2) is 22.8 Å². The van der Waals surface area contributed by atoms with Gasteiger partial charge in [-0.15, -0.1) is 0 Å². The normalized spacial score (nSPS) is 11.4. The highest BCUT2D eigenvalue weighted by atomic mass is 35.5. The number of anilines is 1. The molecule has 0 fully saturated rings. The van der Waals surface area contributed by atoms with E-state index < -0.39 is 23.6 Å². The largest absolute Gasteiger partial charge is 0.478 e. The van der Waals surface area contributed by atoms with E-state index >= 15 is 0 Å². The maximum Gasteiger partial charge on any atom is 0.279 e. The predicted molar refractivity (Wildman–Crippen MR) is 100 cm³/mol. The van der Waals surface area contributed by atoms with Crippen molar-refractivity contribution in [2.75, 3.05) is 5.32 Å². The van der Waals surface area contributed by atoms with Crippen LogP contribution in [0.3, 0.4) is 0 Å². The molecule has 2 rings (SSSR count). The summed E-state index contributed by atoms with van der Waals surface area (Å²) in [6.07, 6.45) is -1.04. The smallest absolute Gasteiger partial charge is 0.279 e. The quantitative estimate of drug-likeness (QED) is 0.540. The molecule has 0 unspecified atom stereocenters. The van der Waals surface area contributed by atoms with E-state index in [1.807, 2.05) is 6.92 Å². The molecule has 0 saturated carbocycles. The van der Waals surface area contributed by atoms with Crippen LogP contribution >= 0.6 is 23.8 Å². The van der Waals surface area contributed by atoms with Gasteiger partial charge in [-0.1, -0.05) is 17.7 Å². The fraction of sp³-hybridized carbons (Fsp3) is 0.176. The number of rotatable bonds is 4. The molecule has 0 spiro atoms. The molecule has 0 saturated heterocycles. The van der Waals surface area contributed by atoms with Gasteiger partial charge >= 0.3 is 0 Å². The number of nitrogens with one attached hydrogen (secondary N) is 3. The maximum absolute atomic E-state index is 13.5. The summed E-state index contributed by atoms with van der Waals surface area (Å²) in [7, 11) is 0.